The first-order valence-electron chi connectivity index (χ1n) is 5.60. The molecule has 0 spiro atoms. The normalized spacial score (nSPS) is 21.4. The van der Waals surface area contributed by atoms with E-state index in [0.29, 0.717) is 12.5 Å². The Kier molecular flexibility index (Phi) is 3.43. The largest absolute Gasteiger partial charge is 0.381 e. The lowest BCUT2D eigenvalue weighted by molar-refractivity contribution is 0.185. The van der Waals surface area contributed by atoms with Gasteiger partial charge in [0.25, 0.3) is 0 Å². The zero-order valence-electron chi connectivity index (χ0n) is 9.44. The standard InChI is InChI=1S/C13H16N2O/c1-10-3-2-4-12(7-10)15-13(8-14)11-5-6-16-9-11/h2-4,7,11,13,15H,5-6,9H2,1H3. The van der Waals surface area contributed by atoms with Crippen LogP contribution in [0.2, 0.25) is 0 Å². The van der Waals surface area contributed by atoms with Crippen molar-refractivity contribution in [3.8, 4) is 6.07 Å². The van der Waals surface area contributed by atoms with Crippen LogP contribution in [0.25, 0.3) is 0 Å². The number of nitrogens with zero attached hydrogens (tertiary/aromatic N) is 1. The van der Waals surface area contributed by atoms with Gasteiger partial charge in [-0.05, 0) is 31.0 Å². The van der Waals surface area contributed by atoms with E-state index in [1.165, 1.54) is 5.56 Å². The van der Waals surface area contributed by atoms with Crippen molar-refractivity contribution < 1.29 is 4.74 Å². The molecule has 2 atom stereocenters. The van der Waals surface area contributed by atoms with E-state index in [4.69, 9.17) is 10.00 Å². The van der Waals surface area contributed by atoms with Crippen molar-refractivity contribution in [1.29, 1.82) is 5.26 Å². The summed E-state index contributed by atoms with van der Waals surface area (Å²) in [6.07, 6.45) is 0.969. The Bertz CT molecular complexity index is 391. The summed E-state index contributed by atoms with van der Waals surface area (Å²) in [4.78, 5) is 0. The van der Waals surface area contributed by atoms with Gasteiger partial charge in [-0.15, -0.1) is 0 Å². The van der Waals surface area contributed by atoms with Crippen LogP contribution in [0.4, 0.5) is 5.69 Å². The van der Waals surface area contributed by atoms with E-state index in [2.05, 4.69) is 17.5 Å². The van der Waals surface area contributed by atoms with Crippen molar-refractivity contribution in [3.63, 3.8) is 0 Å². The van der Waals surface area contributed by atoms with Crippen LogP contribution in [-0.2, 0) is 4.74 Å². The fraction of sp³-hybridized carbons (Fsp3) is 0.462. The van der Waals surface area contributed by atoms with Crippen molar-refractivity contribution in [2.45, 2.75) is 19.4 Å². The van der Waals surface area contributed by atoms with Crippen molar-refractivity contribution in [3.05, 3.63) is 29.8 Å². The average Bonchev–Trinajstić information content (AvgIpc) is 2.79. The number of rotatable bonds is 3. The van der Waals surface area contributed by atoms with Crippen LogP contribution in [0.1, 0.15) is 12.0 Å². The predicted octanol–water partition coefficient (Wildman–Crippen LogP) is 2.34. The summed E-state index contributed by atoms with van der Waals surface area (Å²) in [6.45, 7) is 3.51. The lowest BCUT2D eigenvalue weighted by Crippen LogP contribution is -2.27. The second-order valence-electron chi connectivity index (χ2n) is 4.24. The molecule has 16 heavy (non-hydrogen) atoms. The second kappa shape index (κ2) is 5.00. The Labute approximate surface area is 96.0 Å². The Morgan fingerprint density at radius 3 is 3.06 bits per heavy atom. The molecule has 1 aromatic carbocycles. The van der Waals surface area contributed by atoms with E-state index < -0.39 is 0 Å². The third-order valence-corrected chi connectivity index (χ3v) is 2.92. The number of hydrogen-bond acceptors (Lipinski definition) is 3. The Morgan fingerprint density at radius 1 is 1.56 bits per heavy atom. The first-order valence-corrected chi connectivity index (χ1v) is 5.60. The maximum absolute atomic E-state index is 9.15. The number of nitrogens with one attached hydrogen (secondary N) is 1. The molecule has 1 heterocycles. The lowest BCUT2D eigenvalue weighted by Gasteiger charge is -2.18. The van der Waals surface area contributed by atoms with Crippen LogP contribution >= 0.6 is 0 Å². The molecule has 1 aromatic rings. The van der Waals surface area contributed by atoms with Gasteiger partial charge in [0.2, 0.25) is 0 Å². The molecule has 0 radical (unpaired) electrons. The minimum absolute atomic E-state index is 0.149. The summed E-state index contributed by atoms with van der Waals surface area (Å²) in [7, 11) is 0. The number of hydrogen-bond donors (Lipinski definition) is 1. The molecule has 1 fully saturated rings. The molecule has 2 unspecified atom stereocenters. The van der Waals surface area contributed by atoms with Gasteiger partial charge in [0, 0.05) is 18.2 Å². The fourth-order valence-corrected chi connectivity index (χ4v) is 1.99. The molecule has 1 aliphatic heterocycles. The van der Waals surface area contributed by atoms with Gasteiger partial charge in [0.1, 0.15) is 6.04 Å². The maximum atomic E-state index is 9.15. The molecule has 3 heteroatoms. The highest BCUT2D eigenvalue weighted by Gasteiger charge is 2.25. The molecule has 1 N–H and O–H groups in total. The summed E-state index contributed by atoms with van der Waals surface area (Å²) in [6, 6.07) is 10.3. The molecule has 0 bridgehead atoms. The van der Waals surface area contributed by atoms with Crippen molar-refractivity contribution in [2.75, 3.05) is 18.5 Å². The molecule has 2 rings (SSSR count). The summed E-state index contributed by atoms with van der Waals surface area (Å²) in [5.74, 6) is 0.311. The van der Waals surface area contributed by atoms with Gasteiger partial charge in [-0.2, -0.15) is 5.26 Å². The lowest BCUT2D eigenvalue weighted by atomic mass is 10.00. The minimum Gasteiger partial charge on any atom is -0.381 e. The minimum atomic E-state index is -0.149. The van der Waals surface area contributed by atoms with Gasteiger partial charge in [0.15, 0.2) is 0 Å². The van der Waals surface area contributed by atoms with Crippen molar-refractivity contribution in [2.24, 2.45) is 5.92 Å². The maximum Gasteiger partial charge on any atom is 0.119 e. The first kappa shape index (κ1) is 11.0. The molecule has 1 saturated heterocycles. The van der Waals surface area contributed by atoms with Gasteiger partial charge in [-0.1, -0.05) is 12.1 Å². The monoisotopic (exact) mass is 216 g/mol. The first-order chi connectivity index (χ1) is 7.79. The average molecular weight is 216 g/mol. The number of aryl methyl sites for hydroxylation is 1. The molecule has 1 aliphatic rings. The number of nitriles is 1. The highest BCUT2D eigenvalue weighted by molar-refractivity contribution is 5.47. The van der Waals surface area contributed by atoms with Gasteiger partial charge in [-0.3, -0.25) is 0 Å². The second-order valence-corrected chi connectivity index (χ2v) is 4.24. The van der Waals surface area contributed by atoms with Gasteiger partial charge < -0.3 is 10.1 Å². The smallest absolute Gasteiger partial charge is 0.119 e. The van der Waals surface area contributed by atoms with E-state index in [0.717, 1.165) is 18.7 Å². The summed E-state index contributed by atoms with van der Waals surface area (Å²) in [5, 5.41) is 12.4. The SMILES string of the molecule is Cc1cccc(NC(C#N)C2CCOC2)c1. The number of anilines is 1. The Balaban J connectivity index is 2.04. The van der Waals surface area contributed by atoms with Crippen molar-refractivity contribution in [1.82, 2.24) is 0 Å². The molecular formula is C13H16N2O. The van der Waals surface area contributed by atoms with Crippen LogP contribution in [-0.4, -0.2) is 19.3 Å². The quantitative estimate of drug-likeness (QED) is 0.843. The number of benzene rings is 1. The third-order valence-electron chi connectivity index (χ3n) is 2.92. The molecule has 0 amide bonds. The van der Waals surface area contributed by atoms with Gasteiger partial charge in [-0.25, -0.2) is 0 Å². The zero-order valence-corrected chi connectivity index (χ0v) is 9.44. The van der Waals surface area contributed by atoms with Crippen LogP contribution in [0.3, 0.4) is 0 Å². The Hall–Kier alpha value is -1.53. The van der Waals surface area contributed by atoms with E-state index in [1.807, 2.05) is 25.1 Å². The van der Waals surface area contributed by atoms with Crippen LogP contribution in [0.5, 0.6) is 0 Å². The molecule has 84 valence electrons. The van der Waals surface area contributed by atoms with Gasteiger partial charge in [0.05, 0.1) is 12.7 Å². The molecular weight excluding hydrogens is 200 g/mol. The number of ether oxygens (including phenoxy) is 1. The highest BCUT2D eigenvalue weighted by Crippen LogP contribution is 2.20. The van der Waals surface area contributed by atoms with Crippen LogP contribution in [0, 0.1) is 24.2 Å². The van der Waals surface area contributed by atoms with E-state index in [9.17, 15) is 0 Å². The van der Waals surface area contributed by atoms with Crippen molar-refractivity contribution >= 4 is 5.69 Å². The highest BCUT2D eigenvalue weighted by atomic mass is 16.5. The van der Waals surface area contributed by atoms with Gasteiger partial charge >= 0.3 is 0 Å². The fourth-order valence-electron chi connectivity index (χ4n) is 1.99. The van der Waals surface area contributed by atoms with E-state index in [1.54, 1.807) is 0 Å². The van der Waals surface area contributed by atoms with E-state index in [-0.39, 0.29) is 6.04 Å². The summed E-state index contributed by atoms with van der Waals surface area (Å²) in [5.41, 5.74) is 2.21. The Morgan fingerprint density at radius 2 is 2.44 bits per heavy atom. The predicted molar refractivity (Wildman–Crippen MR) is 63.1 cm³/mol. The van der Waals surface area contributed by atoms with E-state index >= 15 is 0 Å². The third kappa shape index (κ3) is 2.53. The summed E-state index contributed by atoms with van der Waals surface area (Å²) < 4.78 is 5.31. The zero-order chi connectivity index (χ0) is 11.4. The summed E-state index contributed by atoms with van der Waals surface area (Å²) >= 11 is 0. The van der Waals surface area contributed by atoms with Crippen LogP contribution < -0.4 is 5.32 Å². The molecule has 0 aromatic heterocycles. The molecule has 0 aliphatic carbocycles. The molecule has 3 nitrogen and oxygen atoms in total. The van der Waals surface area contributed by atoms with Crippen LogP contribution in [0.15, 0.2) is 24.3 Å². The topological polar surface area (TPSA) is 45.0 Å². The molecule has 0 saturated carbocycles.